The molecule has 0 saturated heterocycles. The van der Waals surface area contributed by atoms with Crippen LogP contribution in [0.25, 0.3) is 22.1 Å². The molecule has 0 amide bonds. The van der Waals surface area contributed by atoms with Crippen LogP contribution in [0.2, 0.25) is 0 Å². The molecule has 1 unspecified atom stereocenters. The minimum absolute atomic E-state index is 0.0336. The van der Waals surface area contributed by atoms with Crippen molar-refractivity contribution in [1.82, 2.24) is 0 Å². The summed E-state index contributed by atoms with van der Waals surface area (Å²) in [5, 5.41) is 18.2. The van der Waals surface area contributed by atoms with Crippen LogP contribution >= 0.6 is 0 Å². The van der Waals surface area contributed by atoms with Gasteiger partial charge in [0.05, 0.1) is 17.6 Å². The first-order chi connectivity index (χ1) is 18.5. The SMILES string of the molecule is Cc1cc(C(C)Nc2ccccc2-c2ccc3c(c2)C=NOB3O)c2oc(C3CCCCC3)cc(=O)c2c1. The van der Waals surface area contributed by atoms with E-state index in [-0.39, 0.29) is 11.5 Å². The van der Waals surface area contributed by atoms with E-state index in [4.69, 9.17) is 9.17 Å². The summed E-state index contributed by atoms with van der Waals surface area (Å²) in [7, 11) is -1.06. The highest BCUT2D eigenvalue weighted by molar-refractivity contribution is 6.62. The van der Waals surface area contributed by atoms with Gasteiger partial charge in [-0.3, -0.25) is 4.79 Å². The van der Waals surface area contributed by atoms with Crippen LogP contribution < -0.4 is 16.2 Å². The van der Waals surface area contributed by atoms with Gasteiger partial charge < -0.3 is 19.5 Å². The molecule has 3 aromatic carbocycles. The molecule has 7 heteroatoms. The first kappa shape index (κ1) is 24.5. The Balaban J connectivity index is 1.38. The van der Waals surface area contributed by atoms with Crippen molar-refractivity contribution >= 4 is 35.5 Å². The van der Waals surface area contributed by atoms with E-state index in [1.165, 1.54) is 19.3 Å². The Labute approximate surface area is 222 Å². The van der Waals surface area contributed by atoms with Crippen molar-refractivity contribution in [1.29, 1.82) is 0 Å². The molecule has 0 bridgehead atoms. The molecule has 38 heavy (non-hydrogen) atoms. The van der Waals surface area contributed by atoms with E-state index >= 15 is 0 Å². The Bertz CT molecular complexity index is 1590. The van der Waals surface area contributed by atoms with Gasteiger partial charge in [0, 0.05) is 34.3 Å². The number of nitrogens with zero attached hydrogens (tertiary/aromatic N) is 1. The van der Waals surface area contributed by atoms with Crippen LogP contribution in [-0.4, -0.2) is 18.4 Å². The zero-order chi connectivity index (χ0) is 26.2. The highest BCUT2D eigenvalue weighted by atomic mass is 16.6. The minimum atomic E-state index is -1.06. The van der Waals surface area contributed by atoms with E-state index in [1.807, 2.05) is 43.3 Å². The van der Waals surface area contributed by atoms with E-state index in [1.54, 1.807) is 12.3 Å². The summed E-state index contributed by atoms with van der Waals surface area (Å²) in [5.41, 5.74) is 7.22. The number of rotatable bonds is 5. The number of hydrogen-bond donors (Lipinski definition) is 2. The van der Waals surface area contributed by atoms with Gasteiger partial charge in [-0.05, 0) is 61.6 Å². The van der Waals surface area contributed by atoms with Crippen LogP contribution in [-0.2, 0) is 4.76 Å². The minimum Gasteiger partial charge on any atom is -0.460 e. The molecule has 1 atom stereocenters. The number of anilines is 1. The topological polar surface area (TPSA) is 84.1 Å². The van der Waals surface area contributed by atoms with Gasteiger partial charge in [-0.15, -0.1) is 5.16 Å². The molecule has 2 heterocycles. The Morgan fingerprint density at radius 3 is 2.71 bits per heavy atom. The number of aryl methyl sites for hydroxylation is 1. The molecule has 0 spiro atoms. The summed E-state index contributed by atoms with van der Waals surface area (Å²) in [6.45, 7) is 4.12. The monoisotopic (exact) mass is 506 g/mol. The lowest BCUT2D eigenvalue weighted by atomic mass is 9.75. The second-order valence-electron chi connectivity index (χ2n) is 10.5. The molecule has 1 aliphatic carbocycles. The van der Waals surface area contributed by atoms with Crippen LogP contribution in [0.4, 0.5) is 5.69 Å². The van der Waals surface area contributed by atoms with E-state index in [0.717, 1.165) is 52.1 Å². The number of para-hydroxylation sites is 1. The summed E-state index contributed by atoms with van der Waals surface area (Å²) in [5.74, 6) is 1.14. The zero-order valence-electron chi connectivity index (χ0n) is 21.7. The fourth-order valence-corrected chi connectivity index (χ4v) is 5.81. The van der Waals surface area contributed by atoms with Crippen molar-refractivity contribution < 1.29 is 14.2 Å². The Kier molecular flexibility index (Phi) is 6.54. The smallest absolute Gasteiger partial charge is 0.460 e. The second-order valence-corrected chi connectivity index (χ2v) is 10.5. The van der Waals surface area contributed by atoms with E-state index in [2.05, 4.69) is 35.6 Å². The Morgan fingerprint density at radius 2 is 1.87 bits per heavy atom. The standard InChI is InChI=1S/C31H31BN2O4/c1-19-14-25(31-26(15-19)29(35)17-30(37-31)21-8-4-3-5-9-21)20(2)34-28-11-7-6-10-24(28)22-12-13-27-23(16-22)18-33-38-32(27)36/h6-7,10-18,20-21,34,36H,3-5,8-9H2,1-2H3. The fraction of sp³-hybridized carbons (Fsp3) is 0.290. The number of hydrogen-bond acceptors (Lipinski definition) is 6. The van der Waals surface area contributed by atoms with Gasteiger partial charge >= 0.3 is 7.12 Å². The van der Waals surface area contributed by atoms with Crippen LogP contribution in [0.5, 0.6) is 0 Å². The highest BCUT2D eigenvalue weighted by Crippen LogP contribution is 2.36. The van der Waals surface area contributed by atoms with Crippen molar-refractivity contribution in [3.05, 3.63) is 93.3 Å². The average molecular weight is 506 g/mol. The Hall–Kier alpha value is -3.84. The zero-order valence-corrected chi connectivity index (χ0v) is 21.7. The fourth-order valence-electron chi connectivity index (χ4n) is 5.81. The van der Waals surface area contributed by atoms with Gasteiger partial charge in [0.1, 0.15) is 11.3 Å². The lowest BCUT2D eigenvalue weighted by molar-refractivity contribution is 0.286. The summed E-state index contributed by atoms with van der Waals surface area (Å²) >= 11 is 0. The number of benzene rings is 3. The highest BCUT2D eigenvalue weighted by Gasteiger charge is 2.26. The predicted molar refractivity (Wildman–Crippen MR) is 153 cm³/mol. The van der Waals surface area contributed by atoms with Crippen molar-refractivity contribution in [3.8, 4) is 11.1 Å². The maximum atomic E-state index is 13.2. The molecule has 1 aliphatic heterocycles. The maximum absolute atomic E-state index is 13.2. The van der Waals surface area contributed by atoms with Crippen molar-refractivity contribution in [3.63, 3.8) is 0 Å². The molecule has 1 fully saturated rings. The lowest BCUT2D eigenvalue weighted by Crippen LogP contribution is -2.37. The Morgan fingerprint density at radius 1 is 1.05 bits per heavy atom. The third kappa shape index (κ3) is 4.63. The molecule has 1 aromatic heterocycles. The molecule has 192 valence electrons. The van der Waals surface area contributed by atoms with E-state index in [9.17, 15) is 9.82 Å². The third-order valence-corrected chi connectivity index (χ3v) is 7.81. The van der Waals surface area contributed by atoms with Crippen molar-refractivity contribution in [2.45, 2.75) is 57.9 Å². The summed E-state index contributed by atoms with van der Waals surface area (Å²) in [4.78, 5) is 13.2. The largest absolute Gasteiger partial charge is 0.583 e. The van der Waals surface area contributed by atoms with Crippen LogP contribution in [0.3, 0.4) is 0 Å². The molecule has 6 rings (SSSR count). The molecule has 2 aliphatic rings. The second kappa shape index (κ2) is 10.1. The lowest BCUT2D eigenvalue weighted by Gasteiger charge is -2.23. The van der Waals surface area contributed by atoms with Gasteiger partial charge in [-0.1, -0.05) is 55.7 Å². The van der Waals surface area contributed by atoms with Gasteiger partial charge in [0.25, 0.3) is 0 Å². The summed E-state index contributed by atoms with van der Waals surface area (Å²) < 4.78 is 11.5. The quantitative estimate of drug-likeness (QED) is 0.323. The van der Waals surface area contributed by atoms with Gasteiger partial charge in [-0.2, -0.15) is 0 Å². The first-order valence-corrected chi connectivity index (χ1v) is 13.4. The summed E-state index contributed by atoms with van der Waals surface area (Å²) in [6, 6.07) is 19.7. The third-order valence-electron chi connectivity index (χ3n) is 7.81. The molecule has 6 nitrogen and oxygen atoms in total. The van der Waals surface area contributed by atoms with E-state index < -0.39 is 7.12 Å². The molecule has 2 N–H and O–H groups in total. The number of fused-ring (bicyclic) bond motifs is 2. The number of nitrogens with one attached hydrogen (secondary N) is 1. The van der Waals surface area contributed by atoms with Gasteiger partial charge in [0.2, 0.25) is 0 Å². The van der Waals surface area contributed by atoms with E-state index in [0.29, 0.717) is 22.3 Å². The molecular weight excluding hydrogens is 475 g/mol. The summed E-state index contributed by atoms with van der Waals surface area (Å²) in [6.07, 6.45) is 7.39. The maximum Gasteiger partial charge on any atom is 0.583 e. The van der Waals surface area contributed by atoms with Crippen LogP contribution in [0, 0.1) is 6.92 Å². The van der Waals surface area contributed by atoms with Crippen molar-refractivity contribution in [2.75, 3.05) is 5.32 Å². The normalized spacial score (nSPS) is 16.2. The van der Waals surface area contributed by atoms with Crippen LogP contribution in [0.1, 0.15) is 73.4 Å². The first-order valence-electron chi connectivity index (χ1n) is 13.4. The average Bonchev–Trinajstić information content (AvgIpc) is 2.93. The molecular formula is C31H31BN2O4. The van der Waals surface area contributed by atoms with Gasteiger partial charge in [-0.25, -0.2) is 0 Å². The van der Waals surface area contributed by atoms with Gasteiger partial charge in [0.15, 0.2) is 5.43 Å². The molecule has 4 aromatic rings. The number of oxime groups is 1. The predicted octanol–water partition coefficient (Wildman–Crippen LogP) is 6.04. The molecule has 0 radical (unpaired) electrons. The van der Waals surface area contributed by atoms with Crippen molar-refractivity contribution in [2.24, 2.45) is 5.16 Å². The van der Waals surface area contributed by atoms with Crippen LogP contribution in [0.15, 0.2) is 75.0 Å². The molecule has 1 saturated carbocycles.